The summed E-state index contributed by atoms with van der Waals surface area (Å²) in [7, 11) is -3.24. The highest BCUT2D eigenvalue weighted by atomic mass is 32.2. The highest BCUT2D eigenvalue weighted by Crippen LogP contribution is 2.15. The molecule has 0 aromatic rings. The van der Waals surface area contributed by atoms with E-state index in [1.807, 2.05) is 0 Å². The van der Waals surface area contributed by atoms with Gasteiger partial charge in [0.05, 0.1) is 5.75 Å². The Labute approximate surface area is 109 Å². The molecule has 0 atom stereocenters. The third-order valence-electron chi connectivity index (χ3n) is 3.75. The molecule has 1 N–H and O–H groups in total. The van der Waals surface area contributed by atoms with Crippen LogP contribution in [0.15, 0.2) is 0 Å². The van der Waals surface area contributed by atoms with Crippen molar-refractivity contribution < 1.29 is 13.2 Å². The molecule has 0 aliphatic carbocycles. The second kappa shape index (κ2) is 6.02. The number of amides is 1. The lowest BCUT2D eigenvalue weighted by molar-refractivity contribution is -0.127. The van der Waals surface area contributed by atoms with Gasteiger partial charge in [0.2, 0.25) is 5.91 Å². The van der Waals surface area contributed by atoms with Crippen LogP contribution in [0, 0.1) is 5.92 Å². The number of carbonyl (C=O) groups excluding carboxylic acids is 1. The van der Waals surface area contributed by atoms with E-state index in [9.17, 15) is 13.2 Å². The first-order valence-electron chi connectivity index (χ1n) is 6.76. The number of rotatable bonds is 4. The standard InChI is InChI=1S/C12H22N2O3S/c15-12(14-7-1-2-8-14)10-18(16,17)9-11-3-5-13-6-4-11/h11,13H,1-10H2. The van der Waals surface area contributed by atoms with Crippen LogP contribution in [0.5, 0.6) is 0 Å². The molecule has 0 bridgehead atoms. The van der Waals surface area contributed by atoms with Gasteiger partial charge in [-0.15, -0.1) is 0 Å². The Balaban J connectivity index is 1.84. The molecular formula is C12H22N2O3S. The minimum absolute atomic E-state index is 0.175. The number of piperidine rings is 1. The van der Waals surface area contributed by atoms with Crippen LogP contribution >= 0.6 is 0 Å². The van der Waals surface area contributed by atoms with Crippen LogP contribution in [-0.4, -0.2) is 56.9 Å². The Morgan fingerprint density at radius 2 is 1.78 bits per heavy atom. The zero-order chi connectivity index (χ0) is 13.0. The maximum absolute atomic E-state index is 12.0. The van der Waals surface area contributed by atoms with Crippen LogP contribution in [0.4, 0.5) is 0 Å². The summed E-state index contributed by atoms with van der Waals surface area (Å²) in [4.78, 5) is 13.5. The predicted molar refractivity (Wildman–Crippen MR) is 70.1 cm³/mol. The largest absolute Gasteiger partial charge is 0.342 e. The van der Waals surface area contributed by atoms with E-state index in [-0.39, 0.29) is 23.3 Å². The van der Waals surface area contributed by atoms with E-state index in [0.29, 0.717) is 0 Å². The fourth-order valence-corrected chi connectivity index (χ4v) is 4.44. The summed E-state index contributed by atoms with van der Waals surface area (Å²) in [6.07, 6.45) is 3.80. The van der Waals surface area contributed by atoms with Gasteiger partial charge in [-0.3, -0.25) is 4.79 Å². The van der Waals surface area contributed by atoms with Crippen molar-refractivity contribution >= 4 is 15.7 Å². The smallest absolute Gasteiger partial charge is 0.237 e. The average molecular weight is 274 g/mol. The summed E-state index contributed by atoms with van der Waals surface area (Å²) in [6.45, 7) is 3.23. The average Bonchev–Trinajstić information content (AvgIpc) is 2.82. The van der Waals surface area contributed by atoms with Crippen molar-refractivity contribution in [2.24, 2.45) is 5.92 Å². The highest BCUT2D eigenvalue weighted by Gasteiger charge is 2.27. The maximum atomic E-state index is 12.0. The SMILES string of the molecule is O=C(CS(=O)(=O)CC1CCNCC1)N1CCCC1. The summed E-state index contributed by atoms with van der Waals surface area (Å²) in [5, 5.41) is 3.22. The summed E-state index contributed by atoms with van der Waals surface area (Å²) in [6, 6.07) is 0. The summed E-state index contributed by atoms with van der Waals surface area (Å²) in [5.41, 5.74) is 0. The topological polar surface area (TPSA) is 66.5 Å². The van der Waals surface area contributed by atoms with Crippen molar-refractivity contribution in [3.8, 4) is 0 Å². The first-order chi connectivity index (χ1) is 8.57. The van der Waals surface area contributed by atoms with Crippen molar-refractivity contribution in [2.45, 2.75) is 25.7 Å². The zero-order valence-electron chi connectivity index (χ0n) is 10.7. The lowest BCUT2D eigenvalue weighted by Gasteiger charge is -2.22. The molecule has 2 rings (SSSR count). The number of nitrogens with one attached hydrogen (secondary N) is 1. The monoisotopic (exact) mass is 274 g/mol. The second-order valence-electron chi connectivity index (χ2n) is 5.34. The van der Waals surface area contributed by atoms with Gasteiger partial charge in [-0.25, -0.2) is 8.42 Å². The van der Waals surface area contributed by atoms with Crippen molar-refractivity contribution in [1.29, 1.82) is 0 Å². The Bertz CT molecular complexity index is 382. The van der Waals surface area contributed by atoms with Crippen molar-refractivity contribution in [2.75, 3.05) is 37.7 Å². The van der Waals surface area contributed by atoms with E-state index in [2.05, 4.69) is 5.32 Å². The van der Waals surface area contributed by atoms with Crippen LogP contribution in [-0.2, 0) is 14.6 Å². The molecule has 0 aromatic carbocycles. The lowest BCUT2D eigenvalue weighted by Crippen LogP contribution is -2.37. The number of hydrogen-bond donors (Lipinski definition) is 1. The van der Waals surface area contributed by atoms with Gasteiger partial charge in [0.1, 0.15) is 5.75 Å². The van der Waals surface area contributed by atoms with Gasteiger partial charge in [-0.05, 0) is 44.7 Å². The first-order valence-corrected chi connectivity index (χ1v) is 8.58. The van der Waals surface area contributed by atoms with Crippen LogP contribution in [0.2, 0.25) is 0 Å². The summed E-state index contributed by atoms with van der Waals surface area (Å²) in [5.74, 6) is -0.102. The molecule has 18 heavy (non-hydrogen) atoms. The number of hydrogen-bond acceptors (Lipinski definition) is 4. The fraction of sp³-hybridized carbons (Fsp3) is 0.917. The Morgan fingerprint density at radius 1 is 1.17 bits per heavy atom. The minimum atomic E-state index is -3.24. The van der Waals surface area contributed by atoms with E-state index in [0.717, 1.165) is 51.9 Å². The Kier molecular flexibility index (Phi) is 4.61. The van der Waals surface area contributed by atoms with Crippen molar-refractivity contribution in [3.05, 3.63) is 0 Å². The van der Waals surface area contributed by atoms with E-state index >= 15 is 0 Å². The fourth-order valence-electron chi connectivity index (χ4n) is 2.71. The molecule has 2 saturated heterocycles. The third kappa shape index (κ3) is 3.95. The minimum Gasteiger partial charge on any atom is -0.342 e. The van der Waals surface area contributed by atoms with E-state index in [1.54, 1.807) is 4.90 Å². The van der Waals surface area contributed by atoms with Gasteiger partial charge < -0.3 is 10.2 Å². The van der Waals surface area contributed by atoms with Crippen LogP contribution < -0.4 is 5.32 Å². The molecule has 6 heteroatoms. The first kappa shape index (κ1) is 13.8. The molecule has 2 aliphatic rings. The number of nitrogens with zero attached hydrogens (tertiary/aromatic N) is 1. The molecule has 2 fully saturated rings. The molecule has 0 aromatic heterocycles. The normalized spacial score (nSPS) is 22.3. The number of carbonyl (C=O) groups is 1. The van der Waals surface area contributed by atoms with Crippen LogP contribution in [0.25, 0.3) is 0 Å². The quantitative estimate of drug-likeness (QED) is 0.785. The van der Waals surface area contributed by atoms with E-state index in [1.165, 1.54) is 0 Å². The van der Waals surface area contributed by atoms with E-state index in [4.69, 9.17) is 0 Å². The highest BCUT2D eigenvalue weighted by molar-refractivity contribution is 7.92. The lowest BCUT2D eigenvalue weighted by atomic mass is 10.0. The molecule has 2 aliphatic heterocycles. The number of likely N-dealkylation sites (tertiary alicyclic amines) is 1. The second-order valence-corrected chi connectivity index (χ2v) is 7.44. The zero-order valence-corrected chi connectivity index (χ0v) is 11.5. The third-order valence-corrected chi connectivity index (χ3v) is 5.42. The molecular weight excluding hydrogens is 252 g/mol. The molecule has 5 nitrogen and oxygen atoms in total. The van der Waals surface area contributed by atoms with Crippen LogP contribution in [0.3, 0.4) is 0 Å². The van der Waals surface area contributed by atoms with Crippen molar-refractivity contribution in [1.82, 2.24) is 10.2 Å². The van der Waals surface area contributed by atoms with Gasteiger partial charge in [-0.1, -0.05) is 0 Å². The Hall–Kier alpha value is -0.620. The van der Waals surface area contributed by atoms with Gasteiger partial charge in [-0.2, -0.15) is 0 Å². The molecule has 1 amide bonds. The van der Waals surface area contributed by atoms with Crippen molar-refractivity contribution in [3.63, 3.8) is 0 Å². The van der Waals surface area contributed by atoms with Crippen LogP contribution in [0.1, 0.15) is 25.7 Å². The molecule has 0 spiro atoms. The Morgan fingerprint density at radius 3 is 2.39 bits per heavy atom. The van der Waals surface area contributed by atoms with Gasteiger partial charge in [0.15, 0.2) is 9.84 Å². The maximum Gasteiger partial charge on any atom is 0.237 e. The summed E-state index contributed by atoms with van der Waals surface area (Å²) >= 11 is 0. The molecule has 104 valence electrons. The van der Waals surface area contributed by atoms with E-state index < -0.39 is 9.84 Å². The molecule has 0 unspecified atom stereocenters. The van der Waals surface area contributed by atoms with Gasteiger partial charge >= 0.3 is 0 Å². The van der Waals surface area contributed by atoms with Gasteiger partial charge in [0, 0.05) is 13.1 Å². The molecule has 0 saturated carbocycles. The van der Waals surface area contributed by atoms with Gasteiger partial charge in [0.25, 0.3) is 0 Å². The number of sulfone groups is 1. The molecule has 2 heterocycles. The summed E-state index contributed by atoms with van der Waals surface area (Å²) < 4.78 is 24.0. The molecule has 0 radical (unpaired) electrons. The predicted octanol–water partition coefficient (Wildman–Crippen LogP) is 0.0232.